The van der Waals surface area contributed by atoms with E-state index in [0.29, 0.717) is 24.1 Å². The van der Waals surface area contributed by atoms with E-state index < -0.39 is 4.92 Å². The predicted molar refractivity (Wildman–Crippen MR) is 97.7 cm³/mol. The van der Waals surface area contributed by atoms with Crippen LogP contribution in [0, 0.1) is 10.1 Å². The lowest BCUT2D eigenvalue weighted by Gasteiger charge is -2.00. The molecule has 1 aromatic heterocycles. The second kappa shape index (κ2) is 7.60. The zero-order valence-electron chi connectivity index (χ0n) is 14.1. The third-order valence-electron chi connectivity index (χ3n) is 3.78. The Morgan fingerprint density at radius 3 is 2.73 bits per heavy atom. The maximum atomic E-state index is 11.3. The van der Waals surface area contributed by atoms with E-state index in [9.17, 15) is 14.9 Å². The summed E-state index contributed by atoms with van der Waals surface area (Å²) in [6.45, 7) is 2.11. The Kier molecular flexibility index (Phi) is 5.07. The maximum absolute atomic E-state index is 11.3. The van der Waals surface area contributed by atoms with Crippen molar-refractivity contribution in [1.82, 2.24) is 9.97 Å². The minimum absolute atomic E-state index is 0.0328. The maximum Gasteiger partial charge on any atom is 0.330 e. The Hall–Kier alpha value is -3.48. The third kappa shape index (κ3) is 4.13. The van der Waals surface area contributed by atoms with Gasteiger partial charge in [0.2, 0.25) is 0 Å². The number of nitrogens with one attached hydrogen (secondary N) is 1. The van der Waals surface area contributed by atoms with Gasteiger partial charge in [0, 0.05) is 24.6 Å². The fourth-order valence-corrected chi connectivity index (χ4v) is 2.54. The van der Waals surface area contributed by atoms with Gasteiger partial charge in [-0.2, -0.15) is 0 Å². The van der Waals surface area contributed by atoms with E-state index in [2.05, 4.69) is 9.97 Å². The summed E-state index contributed by atoms with van der Waals surface area (Å²) in [7, 11) is 0. The molecule has 1 heterocycles. The van der Waals surface area contributed by atoms with Crippen molar-refractivity contribution in [2.45, 2.75) is 13.3 Å². The van der Waals surface area contributed by atoms with E-state index in [0.717, 1.165) is 17.0 Å². The predicted octanol–water partition coefficient (Wildman–Crippen LogP) is 3.64. The molecule has 0 saturated carbocycles. The number of fused-ring (bicyclic) bond motifs is 1. The van der Waals surface area contributed by atoms with Crippen LogP contribution in [0.25, 0.3) is 17.1 Å². The molecular formula is C19H17N3O4. The number of non-ortho nitro benzene ring substituents is 1. The molecule has 0 spiro atoms. The van der Waals surface area contributed by atoms with Gasteiger partial charge in [-0.15, -0.1) is 0 Å². The van der Waals surface area contributed by atoms with Crippen LogP contribution in [0.4, 0.5) is 5.69 Å². The first-order valence-corrected chi connectivity index (χ1v) is 8.12. The number of hydrogen-bond donors (Lipinski definition) is 1. The third-order valence-corrected chi connectivity index (χ3v) is 3.78. The molecule has 0 unspecified atom stereocenters. The van der Waals surface area contributed by atoms with Crippen molar-refractivity contribution in [3.05, 3.63) is 75.6 Å². The van der Waals surface area contributed by atoms with Gasteiger partial charge in [-0.3, -0.25) is 10.1 Å². The number of imidazole rings is 1. The zero-order valence-corrected chi connectivity index (χ0v) is 14.1. The molecular weight excluding hydrogens is 334 g/mol. The van der Waals surface area contributed by atoms with Gasteiger partial charge >= 0.3 is 5.97 Å². The van der Waals surface area contributed by atoms with E-state index in [4.69, 9.17) is 4.74 Å². The molecule has 2 aromatic carbocycles. The normalized spacial score (nSPS) is 11.1. The fraction of sp³-hybridized carbons (Fsp3) is 0.158. The quantitative estimate of drug-likeness (QED) is 0.316. The first-order valence-electron chi connectivity index (χ1n) is 8.12. The van der Waals surface area contributed by atoms with Crippen LogP contribution < -0.4 is 0 Å². The molecule has 132 valence electrons. The summed E-state index contributed by atoms with van der Waals surface area (Å²) in [5, 5.41) is 10.8. The summed E-state index contributed by atoms with van der Waals surface area (Å²) >= 11 is 0. The SMILES string of the molecule is CCOC(=O)C=Cc1ccc(Cc2nc3ccc([N+](=O)[O-])cc3[nH]2)cc1. The fourth-order valence-electron chi connectivity index (χ4n) is 2.54. The molecule has 0 atom stereocenters. The molecule has 0 bridgehead atoms. The number of ether oxygens (including phenoxy) is 1. The number of benzene rings is 2. The molecule has 0 radical (unpaired) electrons. The summed E-state index contributed by atoms with van der Waals surface area (Å²) in [6.07, 6.45) is 3.66. The molecule has 3 aromatic rings. The van der Waals surface area contributed by atoms with Crippen LogP contribution in [0.2, 0.25) is 0 Å². The monoisotopic (exact) mass is 351 g/mol. The Balaban J connectivity index is 1.71. The number of esters is 1. The highest BCUT2D eigenvalue weighted by Crippen LogP contribution is 2.20. The van der Waals surface area contributed by atoms with Gasteiger partial charge in [0.05, 0.1) is 22.6 Å². The van der Waals surface area contributed by atoms with E-state index in [-0.39, 0.29) is 11.7 Å². The van der Waals surface area contributed by atoms with Crippen LogP contribution in [0.1, 0.15) is 23.9 Å². The van der Waals surface area contributed by atoms with Gasteiger partial charge in [-0.25, -0.2) is 9.78 Å². The van der Waals surface area contributed by atoms with Crippen molar-refractivity contribution < 1.29 is 14.5 Å². The van der Waals surface area contributed by atoms with Crippen LogP contribution in [0.3, 0.4) is 0 Å². The van der Waals surface area contributed by atoms with Gasteiger partial charge < -0.3 is 9.72 Å². The zero-order chi connectivity index (χ0) is 18.5. The number of nitro benzene ring substituents is 1. The van der Waals surface area contributed by atoms with Crippen LogP contribution >= 0.6 is 0 Å². The van der Waals surface area contributed by atoms with Crippen LogP contribution in [0.15, 0.2) is 48.5 Å². The highest BCUT2D eigenvalue weighted by molar-refractivity contribution is 5.87. The molecule has 1 N–H and O–H groups in total. The number of rotatable bonds is 6. The summed E-state index contributed by atoms with van der Waals surface area (Å²) in [5.74, 6) is 0.364. The first kappa shape index (κ1) is 17.3. The highest BCUT2D eigenvalue weighted by Gasteiger charge is 2.10. The van der Waals surface area contributed by atoms with Gasteiger partial charge in [0.25, 0.3) is 5.69 Å². The van der Waals surface area contributed by atoms with Crippen molar-refractivity contribution in [3.63, 3.8) is 0 Å². The largest absolute Gasteiger partial charge is 0.463 e. The number of carbonyl (C=O) groups excluding carboxylic acids is 1. The Morgan fingerprint density at radius 1 is 1.27 bits per heavy atom. The second-order valence-corrected chi connectivity index (χ2v) is 5.65. The number of H-pyrrole nitrogens is 1. The van der Waals surface area contributed by atoms with Crippen molar-refractivity contribution in [2.24, 2.45) is 0 Å². The molecule has 7 nitrogen and oxygen atoms in total. The molecule has 0 aliphatic rings. The number of hydrogen-bond acceptors (Lipinski definition) is 5. The molecule has 0 aliphatic carbocycles. The number of aromatic nitrogens is 2. The molecule has 0 aliphatic heterocycles. The van der Waals surface area contributed by atoms with Crippen molar-refractivity contribution in [1.29, 1.82) is 0 Å². The summed E-state index contributed by atoms with van der Waals surface area (Å²) in [6, 6.07) is 12.3. The van der Waals surface area contributed by atoms with Crippen molar-refractivity contribution >= 4 is 28.8 Å². The molecule has 0 fully saturated rings. The van der Waals surface area contributed by atoms with E-state index in [1.807, 2.05) is 24.3 Å². The molecule has 26 heavy (non-hydrogen) atoms. The molecule has 0 amide bonds. The van der Waals surface area contributed by atoms with E-state index in [1.165, 1.54) is 18.2 Å². The van der Waals surface area contributed by atoms with Crippen molar-refractivity contribution in [2.75, 3.05) is 6.61 Å². The number of aromatic amines is 1. The average molecular weight is 351 g/mol. The van der Waals surface area contributed by atoms with E-state index in [1.54, 1.807) is 19.1 Å². The standard InChI is InChI=1S/C19H17N3O4/c1-2-26-19(23)10-7-13-3-5-14(6-4-13)11-18-20-16-9-8-15(22(24)25)12-17(16)21-18/h3-10,12H,2,11H2,1H3,(H,20,21). The first-order chi connectivity index (χ1) is 12.5. The second-order valence-electron chi connectivity index (χ2n) is 5.65. The number of nitro groups is 1. The minimum atomic E-state index is -0.428. The molecule has 3 rings (SSSR count). The van der Waals surface area contributed by atoms with Crippen LogP contribution in [-0.2, 0) is 16.0 Å². The van der Waals surface area contributed by atoms with Crippen LogP contribution in [0.5, 0.6) is 0 Å². The van der Waals surface area contributed by atoms with Gasteiger partial charge in [0.15, 0.2) is 0 Å². The summed E-state index contributed by atoms with van der Waals surface area (Å²) in [5.41, 5.74) is 3.29. The van der Waals surface area contributed by atoms with Crippen LogP contribution in [-0.4, -0.2) is 27.5 Å². The lowest BCUT2D eigenvalue weighted by atomic mass is 10.1. The average Bonchev–Trinajstić information content (AvgIpc) is 3.02. The Labute approximate surface area is 149 Å². The lowest BCUT2D eigenvalue weighted by molar-refractivity contribution is -0.384. The smallest absolute Gasteiger partial charge is 0.330 e. The Bertz CT molecular complexity index is 974. The lowest BCUT2D eigenvalue weighted by Crippen LogP contribution is -1.98. The van der Waals surface area contributed by atoms with Gasteiger partial charge in [0.1, 0.15) is 5.82 Å². The van der Waals surface area contributed by atoms with Gasteiger partial charge in [-0.05, 0) is 30.2 Å². The summed E-state index contributed by atoms with van der Waals surface area (Å²) < 4.78 is 4.84. The van der Waals surface area contributed by atoms with E-state index >= 15 is 0 Å². The number of nitrogens with zero attached hydrogens (tertiary/aromatic N) is 2. The van der Waals surface area contributed by atoms with Crippen molar-refractivity contribution in [3.8, 4) is 0 Å². The number of carbonyl (C=O) groups is 1. The summed E-state index contributed by atoms with van der Waals surface area (Å²) in [4.78, 5) is 29.3. The molecule has 0 saturated heterocycles. The topological polar surface area (TPSA) is 98.1 Å². The molecule has 7 heteroatoms. The minimum Gasteiger partial charge on any atom is -0.463 e. The Morgan fingerprint density at radius 2 is 2.04 bits per heavy atom. The highest BCUT2D eigenvalue weighted by atomic mass is 16.6. The van der Waals surface area contributed by atoms with Gasteiger partial charge in [-0.1, -0.05) is 24.3 Å².